The monoisotopic (exact) mass is 420 g/mol. The number of hydrogen-bond donors (Lipinski definition) is 1. The Morgan fingerprint density at radius 2 is 1.77 bits per heavy atom. The van der Waals surface area contributed by atoms with Gasteiger partial charge in [0.25, 0.3) is 5.91 Å². The van der Waals surface area contributed by atoms with Crippen molar-refractivity contribution in [2.75, 3.05) is 5.32 Å². The van der Waals surface area contributed by atoms with E-state index in [1.165, 1.54) is 18.3 Å². The van der Waals surface area contributed by atoms with Crippen LogP contribution in [-0.4, -0.2) is 10.9 Å². The van der Waals surface area contributed by atoms with Crippen LogP contribution in [0.15, 0.2) is 71.3 Å². The van der Waals surface area contributed by atoms with Gasteiger partial charge in [0.05, 0.1) is 22.5 Å². The minimum atomic E-state index is -4.46. The highest BCUT2D eigenvalue weighted by Crippen LogP contribution is 2.33. The number of nitrogens with one attached hydrogen (secondary N) is 1. The predicted molar refractivity (Wildman–Crippen MR) is 96.8 cm³/mol. The molecule has 132 valence electrons. The van der Waals surface area contributed by atoms with Gasteiger partial charge in [-0.25, -0.2) is 0 Å². The first-order valence-corrected chi connectivity index (χ1v) is 8.34. The van der Waals surface area contributed by atoms with E-state index in [2.05, 4.69) is 26.2 Å². The second-order valence-corrected chi connectivity index (χ2v) is 6.27. The lowest BCUT2D eigenvalue weighted by molar-refractivity contribution is -0.137. The number of halogens is 4. The van der Waals surface area contributed by atoms with E-state index in [-0.39, 0.29) is 11.3 Å². The van der Waals surface area contributed by atoms with Gasteiger partial charge in [-0.15, -0.1) is 0 Å². The predicted octanol–water partition coefficient (Wildman–Crippen LogP) is 5.78. The fourth-order valence-corrected chi connectivity index (χ4v) is 2.88. The molecule has 26 heavy (non-hydrogen) atoms. The highest BCUT2D eigenvalue weighted by atomic mass is 79.9. The molecule has 1 aromatic heterocycles. The summed E-state index contributed by atoms with van der Waals surface area (Å²) in [5.74, 6) is -0.390. The molecule has 0 atom stereocenters. The maximum atomic E-state index is 13.0. The Morgan fingerprint density at radius 1 is 1.00 bits per heavy atom. The average molecular weight is 421 g/mol. The van der Waals surface area contributed by atoms with Gasteiger partial charge in [-0.1, -0.05) is 24.3 Å². The summed E-state index contributed by atoms with van der Waals surface area (Å²) in [5.41, 5.74) is 0.490. The van der Waals surface area contributed by atoms with Crippen LogP contribution in [0.3, 0.4) is 0 Å². The van der Waals surface area contributed by atoms with Crippen LogP contribution in [0.1, 0.15) is 15.9 Å². The van der Waals surface area contributed by atoms with Gasteiger partial charge in [0, 0.05) is 16.2 Å². The van der Waals surface area contributed by atoms with E-state index in [1.54, 1.807) is 36.4 Å². The normalized spacial score (nSPS) is 11.2. The number of alkyl halides is 3. The van der Waals surface area contributed by atoms with Crippen molar-refractivity contribution in [2.24, 2.45) is 0 Å². The number of nitrogens with zero attached hydrogens (tertiary/aromatic N) is 1. The fraction of sp³-hybridized carbons (Fsp3) is 0.0526. The van der Waals surface area contributed by atoms with Crippen LogP contribution in [0.4, 0.5) is 18.9 Å². The number of aromatic nitrogens is 1. The molecule has 0 aliphatic carbocycles. The van der Waals surface area contributed by atoms with Crippen LogP contribution >= 0.6 is 15.9 Å². The molecule has 1 heterocycles. The molecule has 0 unspecified atom stereocenters. The summed E-state index contributed by atoms with van der Waals surface area (Å²) in [5, 5.41) is 2.71. The first-order valence-electron chi connectivity index (χ1n) is 7.55. The van der Waals surface area contributed by atoms with E-state index in [9.17, 15) is 18.0 Å². The van der Waals surface area contributed by atoms with E-state index in [0.717, 1.165) is 12.1 Å². The zero-order valence-corrected chi connectivity index (χ0v) is 14.8. The molecule has 0 spiro atoms. The van der Waals surface area contributed by atoms with E-state index in [1.807, 2.05) is 0 Å². The number of carbonyl (C=O) groups is 1. The average Bonchev–Trinajstić information content (AvgIpc) is 2.62. The number of anilines is 1. The minimum Gasteiger partial charge on any atom is -0.320 e. The molecule has 1 N–H and O–H groups in total. The molecule has 1 amide bonds. The minimum absolute atomic E-state index is 0.263. The summed E-state index contributed by atoms with van der Waals surface area (Å²) in [6.07, 6.45) is -2.99. The lowest BCUT2D eigenvalue weighted by Gasteiger charge is -2.13. The summed E-state index contributed by atoms with van der Waals surface area (Å²) in [6.45, 7) is 0. The summed E-state index contributed by atoms with van der Waals surface area (Å²) < 4.78 is 39.5. The second-order valence-electron chi connectivity index (χ2n) is 5.41. The molecule has 0 radical (unpaired) electrons. The van der Waals surface area contributed by atoms with E-state index < -0.39 is 17.6 Å². The van der Waals surface area contributed by atoms with Crippen molar-refractivity contribution in [1.82, 2.24) is 4.98 Å². The van der Waals surface area contributed by atoms with Gasteiger partial charge in [-0.2, -0.15) is 13.2 Å². The third-order valence-corrected chi connectivity index (χ3v) is 4.33. The first-order chi connectivity index (χ1) is 12.4. The van der Waals surface area contributed by atoms with Crippen LogP contribution in [0.2, 0.25) is 0 Å². The maximum absolute atomic E-state index is 13.0. The molecule has 0 aliphatic heterocycles. The molecule has 0 aliphatic rings. The van der Waals surface area contributed by atoms with Gasteiger partial charge in [-0.3, -0.25) is 9.78 Å². The van der Waals surface area contributed by atoms with Crippen molar-refractivity contribution < 1.29 is 18.0 Å². The van der Waals surface area contributed by atoms with Crippen molar-refractivity contribution in [2.45, 2.75) is 6.18 Å². The second kappa shape index (κ2) is 7.29. The Balaban J connectivity index is 1.97. The smallest absolute Gasteiger partial charge is 0.320 e. The lowest BCUT2D eigenvalue weighted by atomic mass is 10.1. The molecule has 0 saturated carbocycles. The first kappa shape index (κ1) is 18.1. The molecule has 7 heteroatoms. The number of carbonyl (C=O) groups excluding carboxylic acids is 1. The van der Waals surface area contributed by atoms with Crippen LogP contribution in [0, 0.1) is 0 Å². The molecule has 0 saturated heterocycles. The molecule has 0 fully saturated rings. The Hall–Kier alpha value is -2.67. The third-order valence-electron chi connectivity index (χ3n) is 3.64. The summed E-state index contributed by atoms with van der Waals surface area (Å²) in [7, 11) is 0. The van der Waals surface area contributed by atoms with Crippen LogP contribution < -0.4 is 5.32 Å². The van der Waals surface area contributed by atoms with E-state index in [0.29, 0.717) is 15.7 Å². The van der Waals surface area contributed by atoms with Crippen molar-refractivity contribution in [3.63, 3.8) is 0 Å². The topological polar surface area (TPSA) is 42.0 Å². The van der Waals surface area contributed by atoms with Gasteiger partial charge in [0.2, 0.25) is 0 Å². The molecule has 3 rings (SSSR count). The zero-order valence-electron chi connectivity index (χ0n) is 13.2. The fourth-order valence-electron chi connectivity index (χ4n) is 2.41. The van der Waals surface area contributed by atoms with Crippen LogP contribution in [0.25, 0.3) is 11.3 Å². The van der Waals surface area contributed by atoms with Crippen molar-refractivity contribution >= 4 is 27.5 Å². The Morgan fingerprint density at radius 3 is 2.50 bits per heavy atom. The van der Waals surface area contributed by atoms with Crippen molar-refractivity contribution in [3.8, 4) is 11.3 Å². The zero-order chi connectivity index (χ0) is 18.7. The van der Waals surface area contributed by atoms with Gasteiger partial charge in [-0.05, 0) is 52.3 Å². The molecular formula is C19H12BrF3N2O. The highest BCUT2D eigenvalue weighted by Gasteiger charge is 2.30. The van der Waals surface area contributed by atoms with Gasteiger partial charge >= 0.3 is 6.18 Å². The van der Waals surface area contributed by atoms with Gasteiger partial charge < -0.3 is 5.32 Å². The van der Waals surface area contributed by atoms with Crippen molar-refractivity contribution in [3.05, 3.63) is 82.5 Å². The van der Waals surface area contributed by atoms with Gasteiger partial charge in [0.1, 0.15) is 0 Å². The van der Waals surface area contributed by atoms with Crippen LogP contribution in [0.5, 0.6) is 0 Å². The summed E-state index contributed by atoms with van der Waals surface area (Å²) in [6, 6.07) is 14.9. The largest absolute Gasteiger partial charge is 0.416 e. The molecular weight excluding hydrogens is 409 g/mol. The van der Waals surface area contributed by atoms with Gasteiger partial charge in [0.15, 0.2) is 0 Å². The third kappa shape index (κ3) is 3.94. The SMILES string of the molecule is O=C(Nc1cccnc1-c1cccc(C(F)(F)F)c1)c1ccccc1Br. The number of hydrogen-bond acceptors (Lipinski definition) is 2. The Kier molecular flexibility index (Phi) is 5.08. The number of benzene rings is 2. The summed E-state index contributed by atoms with van der Waals surface area (Å²) in [4.78, 5) is 16.6. The maximum Gasteiger partial charge on any atom is 0.416 e. The number of pyridine rings is 1. The highest BCUT2D eigenvalue weighted by molar-refractivity contribution is 9.10. The van der Waals surface area contributed by atoms with E-state index in [4.69, 9.17) is 0 Å². The molecule has 0 bridgehead atoms. The number of amides is 1. The van der Waals surface area contributed by atoms with Crippen LogP contribution in [-0.2, 0) is 6.18 Å². The number of rotatable bonds is 3. The lowest BCUT2D eigenvalue weighted by Crippen LogP contribution is -2.13. The Bertz CT molecular complexity index is 957. The van der Waals surface area contributed by atoms with E-state index >= 15 is 0 Å². The summed E-state index contributed by atoms with van der Waals surface area (Å²) >= 11 is 3.30. The standard InChI is InChI=1S/C19H12BrF3N2O/c20-15-8-2-1-7-14(15)18(26)25-16-9-4-10-24-17(16)12-5-3-6-13(11-12)19(21,22)23/h1-11H,(H,25,26). The quantitative estimate of drug-likeness (QED) is 0.583. The Labute approximate surface area is 156 Å². The molecule has 3 nitrogen and oxygen atoms in total. The molecule has 2 aromatic carbocycles. The van der Waals surface area contributed by atoms with Crippen molar-refractivity contribution in [1.29, 1.82) is 0 Å². The molecule has 3 aromatic rings.